The van der Waals surface area contributed by atoms with Crippen LogP contribution in [0.3, 0.4) is 0 Å². The van der Waals surface area contributed by atoms with Crippen molar-refractivity contribution in [3.8, 4) is 0 Å². The van der Waals surface area contributed by atoms with Gasteiger partial charge in [0.25, 0.3) is 0 Å². The summed E-state index contributed by atoms with van der Waals surface area (Å²) in [5.74, 6) is -4.44. The van der Waals surface area contributed by atoms with E-state index in [9.17, 15) is 69.1 Å². The molecule has 1 aliphatic carbocycles. The molecule has 2 rings (SSSR count). The highest BCUT2D eigenvalue weighted by atomic mass is 31.2. The monoisotopic (exact) mass is 1040 g/mol. The molecule has 0 amide bonds. The topological polar surface area (TPSA) is 317 Å². The van der Waals surface area contributed by atoms with Crippen molar-refractivity contribution in [2.24, 2.45) is 11.8 Å². The second-order valence-corrected chi connectivity index (χ2v) is 20.7. The molecule has 1 aliphatic heterocycles. The molecule has 1 saturated carbocycles. The van der Waals surface area contributed by atoms with Crippen LogP contribution in [0.2, 0.25) is 0 Å². The number of ether oxygens (including phenoxy) is 2. The van der Waals surface area contributed by atoms with Gasteiger partial charge in [0, 0.05) is 31.1 Å². The number of rotatable bonds is 24. The predicted octanol–water partition coefficient (Wildman–Crippen LogP) is 6.22. The zero-order chi connectivity index (χ0) is 52.0. The summed E-state index contributed by atoms with van der Waals surface area (Å²) in [6, 6.07) is 0. The highest BCUT2D eigenvalue weighted by Crippen LogP contribution is 2.50. The van der Waals surface area contributed by atoms with E-state index in [0.717, 1.165) is 44.6 Å². The fraction of sp³-hybridized carbons (Fsp3) is 0.755. The Balaban J connectivity index is 2.28. The number of carbonyl (C=O) groups is 2. The summed E-state index contributed by atoms with van der Waals surface area (Å²) in [6.07, 6.45) is 9.60. The molecule has 2 fully saturated rings. The van der Waals surface area contributed by atoms with Crippen molar-refractivity contribution >= 4 is 27.6 Å². The summed E-state index contributed by atoms with van der Waals surface area (Å²) >= 11 is 0. The summed E-state index contributed by atoms with van der Waals surface area (Å²) in [6.45, 7) is 2.53. The molecule has 1 saturated heterocycles. The molecule has 13 atom stereocenters. The Kier molecular flexibility index (Phi) is 32.5. The average molecular weight is 1040 g/mol. The van der Waals surface area contributed by atoms with Gasteiger partial charge in [0.15, 0.2) is 6.10 Å². The first-order valence-electron chi connectivity index (χ1n) is 25.1. The summed E-state index contributed by atoms with van der Waals surface area (Å²) in [5.41, 5.74) is 0. The quantitative estimate of drug-likeness (QED) is 0.0222. The Hall–Kier alpha value is -2.42. The minimum atomic E-state index is -5.76. The van der Waals surface area contributed by atoms with Gasteiger partial charge in [-0.3, -0.25) is 23.2 Å². The molecule has 0 spiro atoms. The minimum Gasteiger partial charge on any atom is -0.462 e. The van der Waals surface area contributed by atoms with Gasteiger partial charge < -0.3 is 59.9 Å². The van der Waals surface area contributed by atoms with Crippen LogP contribution in [0.4, 0.5) is 0 Å². The molecular formula is C49H84O19P2. The van der Waals surface area contributed by atoms with Crippen LogP contribution in [-0.4, -0.2) is 137 Å². The zero-order valence-corrected chi connectivity index (χ0v) is 42.8. The maximum absolute atomic E-state index is 13.7. The third kappa shape index (κ3) is 27.0. The molecule has 0 radical (unpaired) electrons. The normalized spacial score (nSPS) is 31.4. The number of carbonyl (C=O) groups excluding carboxylic acids is 2. The number of aliphatic hydroxyl groups excluding tert-OH is 7. The van der Waals surface area contributed by atoms with Crippen molar-refractivity contribution < 1.29 is 92.2 Å². The summed E-state index contributed by atoms with van der Waals surface area (Å²) < 4.78 is 52.2. The van der Waals surface area contributed by atoms with Gasteiger partial charge in [0.1, 0.15) is 31.0 Å². The molecular weight excluding hydrogens is 954 g/mol. The average Bonchev–Trinajstić information content (AvgIpc) is 3.30. The molecule has 19 nitrogen and oxygen atoms in total. The van der Waals surface area contributed by atoms with Gasteiger partial charge in [-0.15, -0.1) is 0 Å². The van der Waals surface area contributed by atoms with Gasteiger partial charge in [-0.1, -0.05) is 126 Å². The number of aliphatic hydroxyl groups is 7. The Morgan fingerprint density at radius 2 is 1.39 bits per heavy atom. The SMILES string of the molecule is CCCCC/C=C\C/C=C\C/C=C\C/C=C\CCCC(=O)OC[C@@H]1COP(=O)(O)O[C@H]2[C@H](O)[C@@H](O)[C@H](O)[C@@H](CCCCCCC(=O)O1)[C@@H](O)C[C@@H](O)[C@H](C=C[C@@H](O)CCCCC)[C@@H](O)[C@H]2OP(=O)(O)O. The van der Waals surface area contributed by atoms with Gasteiger partial charge in [-0.25, -0.2) is 9.13 Å². The van der Waals surface area contributed by atoms with Crippen LogP contribution in [0.15, 0.2) is 60.8 Å². The first kappa shape index (κ1) is 63.7. The van der Waals surface area contributed by atoms with Crippen LogP contribution in [0, 0.1) is 11.8 Å². The van der Waals surface area contributed by atoms with E-state index in [0.29, 0.717) is 38.5 Å². The van der Waals surface area contributed by atoms with E-state index < -0.39 is 120 Å². The molecule has 21 heteroatoms. The standard InChI is InChI=1S/C49H84O19P2/c1-3-5-7-8-9-10-11-12-13-14-15-16-17-18-19-20-25-29-42(53)64-34-37-35-65-70(62,63)68-49-47(58)46(57)44(55)38(28-24-21-22-26-30-43(54)66-37)40(51)33-41(52)39(32-31-36(50)27-23-6-4-2)45(56)48(49)67-69(59,60)61/h9-10,12-13,15-16,18-19,31-32,36-41,44-52,55-58H,3-8,11,14,17,20-30,33-35H2,1-2H3,(H,62,63)(H2,59,60,61)/b10-9-,13-12-,16-15-,19-18-,32-31?/t36-,37+,38-,39-,40-,41+,44+,45+,46-,47+,48+,49-/m0/s1. The van der Waals surface area contributed by atoms with Gasteiger partial charge in [-0.05, 0) is 64.2 Å². The second kappa shape index (κ2) is 35.7. The number of hydrogen-bond acceptors (Lipinski definition) is 16. The van der Waals surface area contributed by atoms with E-state index in [1.54, 1.807) is 0 Å². The summed E-state index contributed by atoms with van der Waals surface area (Å²) in [4.78, 5) is 56.7. The summed E-state index contributed by atoms with van der Waals surface area (Å²) in [7, 11) is -11.4. The first-order chi connectivity index (χ1) is 33.3. The van der Waals surface area contributed by atoms with Crippen LogP contribution in [0.1, 0.15) is 149 Å². The zero-order valence-electron chi connectivity index (χ0n) is 41.0. The second-order valence-electron chi connectivity index (χ2n) is 18.1. The lowest BCUT2D eigenvalue weighted by atomic mass is 9.82. The van der Waals surface area contributed by atoms with Crippen molar-refractivity contribution in [3.63, 3.8) is 0 Å². The Labute approximate surface area is 414 Å². The lowest BCUT2D eigenvalue weighted by Crippen LogP contribution is -2.56. The highest BCUT2D eigenvalue weighted by molar-refractivity contribution is 7.47. The molecule has 1 heterocycles. The predicted molar refractivity (Wildman–Crippen MR) is 261 cm³/mol. The van der Waals surface area contributed by atoms with Gasteiger partial charge >= 0.3 is 27.6 Å². The first-order valence-corrected chi connectivity index (χ1v) is 28.1. The molecule has 2 bridgehead atoms. The largest absolute Gasteiger partial charge is 0.472 e. The lowest BCUT2D eigenvalue weighted by Gasteiger charge is -2.39. The van der Waals surface area contributed by atoms with Crippen LogP contribution >= 0.6 is 15.6 Å². The van der Waals surface area contributed by atoms with Crippen molar-refractivity contribution in [2.75, 3.05) is 13.2 Å². The lowest BCUT2D eigenvalue weighted by molar-refractivity contribution is -0.166. The van der Waals surface area contributed by atoms with Gasteiger partial charge in [-0.2, -0.15) is 0 Å². The van der Waals surface area contributed by atoms with Crippen molar-refractivity contribution in [3.05, 3.63) is 60.8 Å². The van der Waals surface area contributed by atoms with E-state index >= 15 is 0 Å². The number of esters is 2. The Morgan fingerprint density at radius 3 is 2.01 bits per heavy atom. The minimum absolute atomic E-state index is 0.0151. The van der Waals surface area contributed by atoms with Crippen molar-refractivity contribution in [1.82, 2.24) is 0 Å². The van der Waals surface area contributed by atoms with Crippen LogP contribution < -0.4 is 0 Å². The molecule has 0 aromatic heterocycles. The molecule has 0 aromatic carbocycles. The van der Waals surface area contributed by atoms with Gasteiger partial charge in [0.05, 0.1) is 37.1 Å². The summed E-state index contributed by atoms with van der Waals surface area (Å²) in [5, 5.41) is 79.8. The maximum atomic E-state index is 13.7. The van der Waals surface area contributed by atoms with Crippen LogP contribution in [0.25, 0.3) is 0 Å². The number of unbranched alkanes of at least 4 members (excludes halogenated alkanes) is 6. The smallest absolute Gasteiger partial charge is 0.462 e. The maximum Gasteiger partial charge on any atom is 0.472 e. The number of phosphoric ester groups is 2. The Bertz CT molecular complexity index is 1700. The van der Waals surface area contributed by atoms with E-state index in [-0.39, 0.29) is 32.1 Å². The number of cyclic esters (lactones) is 1. The van der Waals surface area contributed by atoms with Crippen molar-refractivity contribution in [1.29, 1.82) is 0 Å². The van der Waals surface area contributed by atoms with Gasteiger partial charge in [0.2, 0.25) is 0 Å². The van der Waals surface area contributed by atoms with Crippen LogP contribution in [-0.2, 0) is 41.8 Å². The van der Waals surface area contributed by atoms with E-state index in [4.69, 9.17) is 23.0 Å². The number of phosphoric acid groups is 2. The fourth-order valence-electron chi connectivity index (χ4n) is 8.17. The number of fused-ring (bicyclic) bond motifs is 4. The third-order valence-electron chi connectivity index (χ3n) is 12.2. The van der Waals surface area contributed by atoms with E-state index in [1.807, 2.05) is 25.2 Å². The van der Waals surface area contributed by atoms with Crippen LogP contribution in [0.5, 0.6) is 0 Å². The Morgan fingerprint density at radius 1 is 0.786 bits per heavy atom. The molecule has 404 valence electrons. The highest BCUT2D eigenvalue weighted by Gasteiger charge is 2.51. The fourth-order valence-corrected chi connectivity index (χ4v) is 9.69. The molecule has 10 N–H and O–H groups in total. The molecule has 2 aliphatic rings. The molecule has 0 aromatic rings. The molecule has 1 unspecified atom stereocenters. The molecule has 70 heavy (non-hydrogen) atoms. The van der Waals surface area contributed by atoms with E-state index in [2.05, 4.69) is 37.3 Å². The number of hydrogen-bond donors (Lipinski definition) is 10. The van der Waals surface area contributed by atoms with E-state index in [1.165, 1.54) is 25.3 Å². The van der Waals surface area contributed by atoms with Crippen molar-refractivity contribution in [2.45, 2.75) is 210 Å². The number of allylic oxidation sites excluding steroid dienone is 8. The third-order valence-corrected chi connectivity index (χ3v) is 13.7.